The zero-order valence-electron chi connectivity index (χ0n) is 18.6. The molecule has 3 rings (SSSR count). The third kappa shape index (κ3) is 5.46. The lowest BCUT2D eigenvalue weighted by molar-refractivity contribution is -0.224. The third-order valence-corrected chi connectivity index (χ3v) is 5.76. The van der Waals surface area contributed by atoms with Crippen LogP contribution in [-0.4, -0.2) is 46.2 Å². The van der Waals surface area contributed by atoms with E-state index in [9.17, 15) is 15.0 Å². The lowest BCUT2D eigenvalue weighted by atomic mass is 9.79. The SMILES string of the molecule is CC1=C[C@@]2(C=C(CO)[C@@H]3CC(=O)C(C)=C[C@@H]3O2)O[C@@H](/C=C(\C)C/C=C/C(C)(C)O)C1. The monoisotopic (exact) mass is 414 g/mol. The maximum atomic E-state index is 12.1. The van der Waals surface area contributed by atoms with Crippen LogP contribution in [0, 0.1) is 5.92 Å². The molecule has 3 aliphatic rings. The summed E-state index contributed by atoms with van der Waals surface area (Å²) in [6, 6.07) is 0. The number of Topliss-reactive ketones (excluding diaryl/α,β-unsaturated/α-hetero) is 1. The van der Waals surface area contributed by atoms with Crippen molar-refractivity contribution in [1.82, 2.24) is 0 Å². The van der Waals surface area contributed by atoms with Crippen molar-refractivity contribution in [2.24, 2.45) is 5.92 Å². The van der Waals surface area contributed by atoms with Crippen LogP contribution in [0.1, 0.15) is 53.9 Å². The van der Waals surface area contributed by atoms with E-state index < -0.39 is 11.4 Å². The van der Waals surface area contributed by atoms with Gasteiger partial charge in [-0.15, -0.1) is 0 Å². The summed E-state index contributed by atoms with van der Waals surface area (Å²) in [4.78, 5) is 12.1. The fraction of sp³-hybridized carbons (Fsp3) is 0.560. The van der Waals surface area contributed by atoms with E-state index in [0.717, 1.165) is 29.6 Å². The van der Waals surface area contributed by atoms with Crippen molar-refractivity contribution < 1.29 is 24.5 Å². The number of hydrogen-bond acceptors (Lipinski definition) is 5. The molecule has 0 aromatic carbocycles. The average molecular weight is 415 g/mol. The van der Waals surface area contributed by atoms with Crippen LogP contribution in [0.2, 0.25) is 0 Å². The van der Waals surface area contributed by atoms with Gasteiger partial charge in [0.1, 0.15) is 0 Å². The molecular weight excluding hydrogens is 380 g/mol. The second-order valence-electron chi connectivity index (χ2n) is 9.39. The Labute approximate surface area is 179 Å². The largest absolute Gasteiger partial charge is 0.392 e. The first kappa shape index (κ1) is 22.9. The number of carbonyl (C=O) groups excluding carboxylic acids is 1. The summed E-state index contributed by atoms with van der Waals surface area (Å²) in [7, 11) is 0. The molecule has 164 valence electrons. The van der Waals surface area contributed by atoms with Gasteiger partial charge in [0.2, 0.25) is 5.79 Å². The number of rotatable bonds is 5. The van der Waals surface area contributed by atoms with Crippen molar-refractivity contribution >= 4 is 5.78 Å². The number of ketones is 1. The molecule has 2 N–H and O–H groups in total. The third-order valence-electron chi connectivity index (χ3n) is 5.76. The van der Waals surface area contributed by atoms with E-state index in [-0.39, 0.29) is 30.5 Å². The Kier molecular flexibility index (Phi) is 6.68. The summed E-state index contributed by atoms with van der Waals surface area (Å²) >= 11 is 0. The van der Waals surface area contributed by atoms with Crippen molar-refractivity contribution in [1.29, 1.82) is 0 Å². The minimum Gasteiger partial charge on any atom is -0.392 e. The average Bonchev–Trinajstić information content (AvgIpc) is 2.60. The number of aliphatic hydroxyl groups excluding tert-OH is 1. The van der Waals surface area contributed by atoms with Crippen molar-refractivity contribution in [3.8, 4) is 0 Å². The molecule has 2 aliphatic heterocycles. The number of allylic oxidation sites excluding steroid dienone is 3. The van der Waals surface area contributed by atoms with Gasteiger partial charge < -0.3 is 19.7 Å². The molecule has 0 aromatic rings. The van der Waals surface area contributed by atoms with Crippen LogP contribution in [0.25, 0.3) is 0 Å². The predicted octanol–water partition coefficient (Wildman–Crippen LogP) is 3.93. The number of ether oxygens (including phenoxy) is 2. The minimum atomic E-state index is -1.04. The number of carbonyl (C=O) groups is 1. The zero-order chi connectivity index (χ0) is 22.1. The van der Waals surface area contributed by atoms with E-state index in [4.69, 9.17) is 9.47 Å². The quantitative estimate of drug-likeness (QED) is 0.667. The molecule has 0 amide bonds. The van der Waals surface area contributed by atoms with E-state index in [1.54, 1.807) is 19.9 Å². The number of fused-ring (bicyclic) bond motifs is 1. The highest BCUT2D eigenvalue weighted by atomic mass is 16.7. The molecule has 0 bridgehead atoms. The Morgan fingerprint density at radius 1 is 1.27 bits per heavy atom. The van der Waals surface area contributed by atoms with Gasteiger partial charge >= 0.3 is 0 Å². The highest BCUT2D eigenvalue weighted by Gasteiger charge is 2.45. The van der Waals surface area contributed by atoms with Gasteiger partial charge in [-0.05, 0) is 76.8 Å². The Hall–Kier alpha value is -1.79. The smallest absolute Gasteiger partial charge is 0.209 e. The fourth-order valence-electron chi connectivity index (χ4n) is 4.35. The van der Waals surface area contributed by atoms with Crippen LogP contribution < -0.4 is 0 Å². The van der Waals surface area contributed by atoms with E-state index in [1.165, 1.54) is 0 Å². The van der Waals surface area contributed by atoms with Crippen molar-refractivity contribution in [3.05, 3.63) is 58.7 Å². The molecule has 0 saturated carbocycles. The highest BCUT2D eigenvalue weighted by Crippen LogP contribution is 2.42. The van der Waals surface area contributed by atoms with Crippen molar-refractivity contribution in [3.63, 3.8) is 0 Å². The highest BCUT2D eigenvalue weighted by molar-refractivity contribution is 5.96. The minimum absolute atomic E-state index is 0.0991. The molecule has 0 aromatic heterocycles. The summed E-state index contributed by atoms with van der Waals surface area (Å²) in [6.07, 6.45) is 12.9. The van der Waals surface area contributed by atoms with E-state index in [1.807, 2.05) is 38.2 Å². The van der Waals surface area contributed by atoms with E-state index in [2.05, 4.69) is 13.0 Å². The molecule has 4 atom stereocenters. The van der Waals surface area contributed by atoms with E-state index in [0.29, 0.717) is 12.0 Å². The number of hydrogen-bond donors (Lipinski definition) is 2. The zero-order valence-corrected chi connectivity index (χ0v) is 18.6. The van der Waals surface area contributed by atoms with Crippen LogP contribution in [0.4, 0.5) is 0 Å². The maximum absolute atomic E-state index is 12.1. The van der Waals surface area contributed by atoms with Gasteiger partial charge in [0.25, 0.3) is 0 Å². The van der Waals surface area contributed by atoms with Gasteiger partial charge in [-0.25, -0.2) is 0 Å². The number of aliphatic hydroxyl groups is 2. The summed E-state index contributed by atoms with van der Waals surface area (Å²) in [5.74, 6) is -1.08. The van der Waals surface area contributed by atoms with Crippen molar-refractivity contribution in [2.45, 2.75) is 77.5 Å². The van der Waals surface area contributed by atoms with Crippen LogP contribution >= 0.6 is 0 Å². The first-order chi connectivity index (χ1) is 14.0. The summed E-state index contributed by atoms with van der Waals surface area (Å²) in [5, 5.41) is 19.8. The van der Waals surface area contributed by atoms with Gasteiger partial charge in [-0.1, -0.05) is 29.4 Å². The Morgan fingerprint density at radius 2 is 2.00 bits per heavy atom. The van der Waals surface area contributed by atoms with Crippen molar-refractivity contribution in [2.75, 3.05) is 6.61 Å². The molecule has 0 radical (unpaired) electrons. The molecule has 2 heterocycles. The van der Waals surface area contributed by atoms with Gasteiger partial charge in [0.15, 0.2) is 5.78 Å². The van der Waals surface area contributed by atoms with Crippen LogP contribution in [0.15, 0.2) is 58.7 Å². The summed E-state index contributed by atoms with van der Waals surface area (Å²) < 4.78 is 12.8. The standard InChI is InChI=1S/C25H34O5/c1-16(7-6-8-24(4,5)28)9-20-10-17(2)13-25(29-20)14-19(15-26)21-12-22(27)18(3)11-23(21)30-25/h6,8-9,11,13-14,20-21,23,26,28H,7,10,12,15H2,1-5H3/b8-6+,16-9+/t20-,21-,23-,25+/m0/s1. The molecule has 5 nitrogen and oxygen atoms in total. The predicted molar refractivity (Wildman–Crippen MR) is 117 cm³/mol. The first-order valence-electron chi connectivity index (χ1n) is 10.7. The summed E-state index contributed by atoms with van der Waals surface area (Å²) in [5.41, 5.74) is 2.97. The van der Waals surface area contributed by atoms with Crippen LogP contribution in [0.5, 0.6) is 0 Å². The second kappa shape index (κ2) is 8.75. The van der Waals surface area contributed by atoms with Gasteiger partial charge in [0, 0.05) is 12.3 Å². The maximum Gasteiger partial charge on any atom is 0.209 e. The van der Waals surface area contributed by atoms with Crippen LogP contribution in [-0.2, 0) is 14.3 Å². The fourth-order valence-corrected chi connectivity index (χ4v) is 4.35. The lowest BCUT2D eigenvalue weighted by Gasteiger charge is -2.45. The Bertz CT molecular complexity index is 836. The second-order valence-corrected chi connectivity index (χ2v) is 9.39. The molecule has 0 fully saturated rings. The Balaban J connectivity index is 1.83. The molecule has 1 spiro atoms. The molecule has 0 saturated heterocycles. The molecular formula is C25H34O5. The van der Waals surface area contributed by atoms with Gasteiger partial charge in [-0.3, -0.25) is 4.79 Å². The molecule has 1 aliphatic carbocycles. The topological polar surface area (TPSA) is 76.0 Å². The van der Waals surface area contributed by atoms with E-state index >= 15 is 0 Å². The molecule has 5 heteroatoms. The molecule has 30 heavy (non-hydrogen) atoms. The Morgan fingerprint density at radius 3 is 2.67 bits per heavy atom. The first-order valence-corrected chi connectivity index (χ1v) is 10.7. The van der Waals surface area contributed by atoms with Gasteiger partial charge in [-0.2, -0.15) is 0 Å². The van der Waals surface area contributed by atoms with Crippen LogP contribution in [0.3, 0.4) is 0 Å². The van der Waals surface area contributed by atoms with Gasteiger partial charge in [0.05, 0.1) is 24.4 Å². The molecule has 0 unspecified atom stereocenters. The normalized spacial score (nSPS) is 32.8. The lowest BCUT2D eigenvalue weighted by Crippen LogP contribution is -2.49. The summed E-state index contributed by atoms with van der Waals surface area (Å²) in [6.45, 7) is 9.29.